The summed E-state index contributed by atoms with van der Waals surface area (Å²) in [6.07, 6.45) is 3.69. The molecule has 0 unspecified atom stereocenters. The summed E-state index contributed by atoms with van der Waals surface area (Å²) in [4.78, 5) is 32.7. The molecule has 0 radical (unpaired) electrons. The molecule has 0 atom stereocenters. The number of carbonyl (C=O) groups excluding carboxylic acids is 2. The maximum absolute atomic E-state index is 11.5. The fourth-order valence-corrected chi connectivity index (χ4v) is 6.61. The van der Waals surface area contributed by atoms with Gasteiger partial charge >= 0.3 is 0 Å². The van der Waals surface area contributed by atoms with Gasteiger partial charge in [0.1, 0.15) is 5.78 Å². The van der Waals surface area contributed by atoms with Gasteiger partial charge in [0.25, 0.3) is 0 Å². The van der Waals surface area contributed by atoms with Crippen molar-refractivity contribution in [1.29, 1.82) is 0 Å². The molecule has 4 aromatic rings. The van der Waals surface area contributed by atoms with E-state index in [1.54, 1.807) is 21.1 Å². The number of halogens is 2. The molecule has 10 heteroatoms. The zero-order chi connectivity index (χ0) is 36.6. The smallest absolute Gasteiger partial charge is 0.218 e. The second-order valence-electron chi connectivity index (χ2n) is 13.9. The van der Waals surface area contributed by atoms with Gasteiger partial charge in [-0.3, -0.25) is 4.79 Å². The molecule has 0 aliphatic carbocycles. The summed E-state index contributed by atoms with van der Waals surface area (Å²) < 4.78 is 11.4. The summed E-state index contributed by atoms with van der Waals surface area (Å²) in [7, 11) is 3.22. The van der Waals surface area contributed by atoms with E-state index in [0.29, 0.717) is 46.2 Å². The van der Waals surface area contributed by atoms with E-state index in [4.69, 9.17) is 42.6 Å². The second kappa shape index (κ2) is 16.8. The van der Waals surface area contributed by atoms with Gasteiger partial charge in [0.05, 0.1) is 35.7 Å². The third kappa shape index (κ3) is 10.1. The highest BCUT2D eigenvalue weighted by molar-refractivity contribution is 6.39. The summed E-state index contributed by atoms with van der Waals surface area (Å²) in [6.45, 7) is 11.9. The Kier molecular flexibility index (Phi) is 13.1. The third-order valence-electron chi connectivity index (χ3n) is 8.73. The van der Waals surface area contributed by atoms with E-state index in [0.717, 1.165) is 59.1 Å². The van der Waals surface area contributed by atoms with Crippen molar-refractivity contribution >= 4 is 34.9 Å². The lowest BCUT2D eigenvalue weighted by atomic mass is 9.95. The van der Waals surface area contributed by atoms with E-state index in [2.05, 4.69) is 24.5 Å². The van der Waals surface area contributed by atoms with Crippen LogP contribution in [0.4, 0.5) is 0 Å². The Morgan fingerprint density at radius 2 is 1.20 bits per heavy atom. The highest BCUT2D eigenvalue weighted by atomic mass is 35.5. The Bertz CT molecular complexity index is 1840. The number of aryl methyl sites for hydroxylation is 1. The molecule has 0 saturated heterocycles. The molecular formula is C40H48Cl2N4O4. The molecule has 8 nitrogen and oxygen atoms in total. The van der Waals surface area contributed by atoms with Crippen molar-refractivity contribution in [2.75, 3.05) is 14.2 Å². The first kappa shape index (κ1) is 38.8. The molecule has 0 fully saturated rings. The molecule has 50 heavy (non-hydrogen) atoms. The predicted molar refractivity (Wildman–Crippen MR) is 203 cm³/mol. The van der Waals surface area contributed by atoms with Crippen molar-refractivity contribution in [2.45, 2.75) is 91.3 Å². The first-order valence-corrected chi connectivity index (χ1v) is 17.6. The Balaban J connectivity index is 1.59. The van der Waals surface area contributed by atoms with Crippen molar-refractivity contribution in [2.24, 2.45) is 0 Å². The lowest BCUT2D eigenvalue weighted by Crippen LogP contribution is -2.42. The molecule has 0 bridgehead atoms. The summed E-state index contributed by atoms with van der Waals surface area (Å²) in [5.41, 5.74) is 5.75. The zero-order valence-electron chi connectivity index (χ0n) is 30.3. The fraction of sp³-hybridized carbons (Fsp3) is 0.400. The average Bonchev–Trinajstić information content (AvgIpc) is 3.06. The van der Waals surface area contributed by atoms with Gasteiger partial charge in [0, 0.05) is 64.3 Å². The van der Waals surface area contributed by atoms with E-state index in [1.807, 2.05) is 74.5 Å². The Hall–Kier alpha value is -3.98. The quantitative estimate of drug-likeness (QED) is 0.119. The van der Waals surface area contributed by atoms with Crippen LogP contribution in [0.5, 0.6) is 11.8 Å². The molecule has 2 N–H and O–H groups in total. The first-order chi connectivity index (χ1) is 23.6. The molecule has 2 heterocycles. The number of benzene rings is 2. The van der Waals surface area contributed by atoms with Crippen LogP contribution < -0.4 is 20.1 Å². The number of aromatic nitrogens is 2. The van der Waals surface area contributed by atoms with Crippen LogP contribution in [0.2, 0.25) is 10.0 Å². The van der Waals surface area contributed by atoms with Gasteiger partial charge in [0.2, 0.25) is 17.7 Å². The first-order valence-electron chi connectivity index (χ1n) is 16.8. The number of Topliss-reactive ketones (excluding diaryl/α,β-unsaturated/α-hetero) is 1. The van der Waals surface area contributed by atoms with Crippen LogP contribution in [0.15, 0.2) is 60.7 Å². The monoisotopic (exact) mass is 718 g/mol. The Morgan fingerprint density at radius 3 is 1.70 bits per heavy atom. The van der Waals surface area contributed by atoms with Crippen LogP contribution in [-0.2, 0) is 22.6 Å². The Labute approximate surface area is 306 Å². The summed E-state index contributed by atoms with van der Waals surface area (Å²) in [6, 6.07) is 19.5. The van der Waals surface area contributed by atoms with Crippen LogP contribution in [0, 0.1) is 0 Å². The molecule has 0 saturated carbocycles. The number of nitrogens with zero attached hydrogens (tertiary/aromatic N) is 2. The molecule has 0 aliphatic rings. The van der Waals surface area contributed by atoms with Gasteiger partial charge in [-0.1, -0.05) is 71.7 Å². The van der Waals surface area contributed by atoms with Crippen LogP contribution in [0.25, 0.3) is 33.6 Å². The minimum Gasteiger partial charge on any atom is -0.481 e. The largest absolute Gasteiger partial charge is 0.481 e. The molecule has 1 amide bonds. The number of hydrogen-bond donors (Lipinski definition) is 2. The van der Waals surface area contributed by atoms with Crippen LogP contribution in [-0.4, -0.2) is 47.0 Å². The van der Waals surface area contributed by atoms with Crippen LogP contribution in [0.1, 0.15) is 78.4 Å². The maximum atomic E-state index is 11.5. The number of hydrogen-bond acceptors (Lipinski definition) is 7. The van der Waals surface area contributed by atoms with Crippen molar-refractivity contribution in [1.82, 2.24) is 20.6 Å². The normalized spacial score (nSPS) is 11.7. The van der Waals surface area contributed by atoms with E-state index >= 15 is 0 Å². The van der Waals surface area contributed by atoms with Crippen molar-refractivity contribution in [3.8, 4) is 45.4 Å². The van der Waals surface area contributed by atoms with Crippen LogP contribution in [0.3, 0.4) is 0 Å². The zero-order valence-corrected chi connectivity index (χ0v) is 31.8. The number of carbonyl (C=O) groups is 2. The summed E-state index contributed by atoms with van der Waals surface area (Å²) in [5, 5.41) is 7.56. The van der Waals surface area contributed by atoms with Crippen molar-refractivity contribution in [3.63, 3.8) is 0 Å². The minimum absolute atomic E-state index is 0.0380. The molecular weight excluding hydrogens is 671 g/mol. The SMILES string of the molecule is COc1nc(-c2cccc(-c3cccc(-c4ccc(CNC(C)(C)CCC(C)=O)c(OC)n4)c3Cl)c2Cl)ccc1CCCC(C)(C)NC(C)=O. The van der Waals surface area contributed by atoms with E-state index in [-0.39, 0.29) is 22.8 Å². The Morgan fingerprint density at radius 1 is 0.700 bits per heavy atom. The van der Waals surface area contributed by atoms with E-state index in [9.17, 15) is 9.59 Å². The standard InChI is InChI=1S/C40H48Cl2N4O4/c1-25(47)21-23-39(3,4)43-24-28-18-20-34(45-38(28)50-8)32-16-10-14-30(36(32)42)29-13-9-15-31(35(29)41)33-19-17-27(37(44-33)49-7)12-11-22-40(5,6)46-26(2)48/h9-10,13-20,43H,11-12,21-24H2,1-8H3,(H,46,48). The minimum atomic E-state index is -0.294. The molecule has 4 rings (SSSR count). The van der Waals surface area contributed by atoms with Crippen LogP contribution >= 0.6 is 23.2 Å². The number of methoxy groups -OCH3 is 2. The molecule has 0 aliphatic heterocycles. The summed E-state index contributed by atoms with van der Waals surface area (Å²) in [5.74, 6) is 1.18. The van der Waals surface area contributed by atoms with Crippen molar-refractivity contribution < 1.29 is 19.1 Å². The molecule has 0 spiro atoms. The highest BCUT2D eigenvalue weighted by Gasteiger charge is 2.22. The van der Waals surface area contributed by atoms with Gasteiger partial charge in [-0.2, -0.15) is 0 Å². The number of amides is 1. The third-order valence-corrected chi connectivity index (χ3v) is 9.54. The number of nitrogens with one attached hydrogen (secondary N) is 2. The summed E-state index contributed by atoms with van der Waals surface area (Å²) >= 11 is 14.2. The molecule has 266 valence electrons. The highest BCUT2D eigenvalue weighted by Crippen LogP contribution is 2.42. The topological polar surface area (TPSA) is 102 Å². The van der Waals surface area contributed by atoms with E-state index in [1.165, 1.54) is 6.92 Å². The van der Waals surface area contributed by atoms with E-state index < -0.39 is 0 Å². The maximum Gasteiger partial charge on any atom is 0.218 e. The number of ether oxygens (including phenoxy) is 2. The lowest BCUT2D eigenvalue weighted by Gasteiger charge is -2.26. The lowest BCUT2D eigenvalue weighted by molar-refractivity contribution is -0.120. The second-order valence-corrected chi connectivity index (χ2v) is 14.7. The van der Waals surface area contributed by atoms with Gasteiger partial charge in [-0.25, -0.2) is 9.97 Å². The van der Waals surface area contributed by atoms with Gasteiger partial charge in [-0.05, 0) is 72.4 Å². The molecule has 2 aromatic heterocycles. The van der Waals surface area contributed by atoms with Gasteiger partial charge < -0.3 is 24.9 Å². The average molecular weight is 720 g/mol. The predicted octanol–water partition coefficient (Wildman–Crippen LogP) is 9.28. The molecule has 2 aromatic carbocycles. The fourth-order valence-electron chi connectivity index (χ4n) is 5.96. The number of ketones is 1. The van der Waals surface area contributed by atoms with Crippen molar-refractivity contribution in [3.05, 3.63) is 81.8 Å². The van der Waals surface area contributed by atoms with Gasteiger partial charge in [-0.15, -0.1) is 0 Å². The number of rotatable bonds is 16. The number of pyridine rings is 2. The van der Waals surface area contributed by atoms with Gasteiger partial charge in [0.15, 0.2) is 0 Å².